The summed E-state index contributed by atoms with van der Waals surface area (Å²) in [5.41, 5.74) is -1.32. The minimum Gasteiger partial charge on any atom is -0.454 e. The summed E-state index contributed by atoms with van der Waals surface area (Å²) in [5.74, 6) is 0.524. The predicted octanol–water partition coefficient (Wildman–Crippen LogP) is 1.67. The van der Waals surface area contributed by atoms with E-state index < -0.39 is 10.5 Å². The van der Waals surface area contributed by atoms with Crippen molar-refractivity contribution in [1.29, 1.82) is 5.26 Å². The molecule has 0 amide bonds. The molecule has 23 heavy (non-hydrogen) atoms. The molecule has 1 aliphatic heterocycles. The zero-order valence-electron chi connectivity index (χ0n) is 11.7. The van der Waals surface area contributed by atoms with Crippen LogP contribution in [0.25, 0.3) is 11.3 Å². The predicted molar refractivity (Wildman–Crippen MR) is 79.6 cm³/mol. The molecule has 0 spiro atoms. The van der Waals surface area contributed by atoms with Crippen molar-refractivity contribution >= 4 is 17.4 Å². The number of aromatic nitrogens is 2. The van der Waals surface area contributed by atoms with Gasteiger partial charge in [-0.15, -0.1) is 0 Å². The number of fused-ring (bicyclic) bond motifs is 1. The molecule has 0 bridgehead atoms. The fraction of sp³-hybridized carbons (Fsp3) is 0.154. The second-order valence-corrected chi connectivity index (χ2v) is 5.19. The van der Waals surface area contributed by atoms with Crippen LogP contribution in [-0.2, 0) is 0 Å². The highest BCUT2D eigenvalue weighted by atomic mass is 32.2. The summed E-state index contributed by atoms with van der Waals surface area (Å²) < 4.78 is 10.3. The molecule has 9 nitrogen and oxygen atoms in total. The lowest BCUT2D eigenvalue weighted by atomic mass is 10.0. The average Bonchev–Trinajstić information content (AvgIpc) is 3.00. The number of H-pyrrole nitrogens is 1. The maximum Gasteiger partial charge on any atom is 0.282 e. The molecule has 2 aromatic rings. The van der Waals surface area contributed by atoms with Crippen molar-refractivity contribution in [1.82, 2.24) is 9.97 Å². The van der Waals surface area contributed by atoms with Crippen LogP contribution in [0.5, 0.6) is 11.5 Å². The summed E-state index contributed by atoms with van der Waals surface area (Å²) >= 11 is 1.15. The zero-order valence-corrected chi connectivity index (χ0v) is 12.5. The molecule has 0 saturated carbocycles. The average molecular weight is 332 g/mol. The van der Waals surface area contributed by atoms with E-state index in [9.17, 15) is 20.2 Å². The molecule has 0 unspecified atom stereocenters. The third-order valence-electron chi connectivity index (χ3n) is 3.15. The highest BCUT2D eigenvalue weighted by molar-refractivity contribution is 7.98. The third-order valence-corrected chi connectivity index (χ3v) is 3.73. The summed E-state index contributed by atoms with van der Waals surface area (Å²) in [4.78, 5) is 29.3. The zero-order chi connectivity index (χ0) is 16.6. The van der Waals surface area contributed by atoms with Crippen LogP contribution in [0.3, 0.4) is 0 Å². The summed E-state index contributed by atoms with van der Waals surface area (Å²) in [5, 5.41) is 20.8. The molecule has 2 heterocycles. The molecule has 1 N–H and O–H groups in total. The Balaban J connectivity index is 2.35. The lowest BCUT2D eigenvalue weighted by Gasteiger charge is -2.07. The molecule has 0 radical (unpaired) electrons. The molecule has 1 aromatic carbocycles. The highest BCUT2D eigenvalue weighted by Crippen LogP contribution is 2.42. The first kappa shape index (κ1) is 14.9. The van der Waals surface area contributed by atoms with Gasteiger partial charge in [-0.25, -0.2) is 4.98 Å². The first-order valence-corrected chi connectivity index (χ1v) is 7.44. The Morgan fingerprint density at radius 2 is 2.13 bits per heavy atom. The number of nitrogens with one attached hydrogen (secondary N) is 1. The molecule has 10 heteroatoms. The van der Waals surface area contributed by atoms with E-state index in [2.05, 4.69) is 9.97 Å². The Labute approximate surface area is 133 Å². The summed E-state index contributed by atoms with van der Waals surface area (Å²) in [6.07, 6.45) is 1.68. The first-order valence-electron chi connectivity index (χ1n) is 6.22. The lowest BCUT2D eigenvalue weighted by molar-refractivity contribution is -0.384. The Morgan fingerprint density at radius 1 is 1.43 bits per heavy atom. The molecule has 0 saturated heterocycles. The smallest absolute Gasteiger partial charge is 0.282 e. The van der Waals surface area contributed by atoms with E-state index in [0.717, 1.165) is 11.8 Å². The second kappa shape index (κ2) is 5.62. The van der Waals surface area contributed by atoms with Gasteiger partial charge in [0.25, 0.3) is 11.2 Å². The number of rotatable bonds is 3. The number of ether oxygens (including phenoxy) is 2. The molecule has 1 aromatic heterocycles. The van der Waals surface area contributed by atoms with Crippen LogP contribution in [0.1, 0.15) is 5.56 Å². The van der Waals surface area contributed by atoms with Crippen molar-refractivity contribution in [2.24, 2.45) is 0 Å². The number of nitrogens with zero attached hydrogens (tertiary/aromatic N) is 3. The van der Waals surface area contributed by atoms with Gasteiger partial charge < -0.3 is 14.5 Å². The quantitative estimate of drug-likeness (QED) is 0.388. The van der Waals surface area contributed by atoms with Crippen LogP contribution in [0.4, 0.5) is 5.69 Å². The van der Waals surface area contributed by atoms with Crippen molar-refractivity contribution in [2.45, 2.75) is 5.16 Å². The lowest BCUT2D eigenvalue weighted by Crippen LogP contribution is -2.15. The van der Waals surface area contributed by atoms with Crippen LogP contribution < -0.4 is 15.0 Å². The minimum absolute atomic E-state index is 0.0252. The van der Waals surface area contributed by atoms with Crippen LogP contribution >= 0.6 is 11.8 Å². The topological polar surface area (TPSA) is 131 Å². The van der Waals surface area contributed by atoms with Gasteiger partial charge in [-0.2, -0.15) is 5.26 Å². The monoisotopic (exact) mass is 332 g/mol. The van der Waals surface area contributed by atoms with E-state index in [1.165, 1.54) is 12.1 Å². The van der Waals surface area contributed by atoms with Crippen LogP contribution in [0.2, 0.25) is 0 Å². The molecule has 0 atom stereocenters. The number of nitro groups is 1. The molecule has 0 fully saturated rings. The summed E-state index contributed by atoms with van der Waals surface area (Å²) in [6, 6.07) is 4.29. The van der Waals surface area contributed by atoms with Crippen molar-refractivity contribution in [3.8, 4) is 28.8 Å². The fourth-order valence-electron chi connectivity index (χ4n) is 2.12. The first-order chi connectivity index (χ1) is 11.0. The molecule has 116 valence electrons. The Bertz CT molecular complexity index is 918. The van der Waals surface area contributed by atoms with Crippen LogP contribution in [0, 0.1) is 21.4 Å². The van der Waals surface area contributed by atoms with E-state index >= 15 is 0 Å². The Hall–Kier alpha value is -3.06. The van der Waals surface area contributed by atoms with E-state index in [4.69, 9.17) is 9.47 Å². The summed E-state index contributed by atoms with van der Waals surface area (Å²) in [7, 11) is 0. The van der Waals surface area contributed by atoms with Gasteiger partial charge in [-0.1, -0.05) is 11.8 Å². The van der Waals surface area contributed by atoms with Gasteiger partial charge in [0.15, 0.2) is 16.7 Å². The van der Waals surface area contributed by atoms with Gasteiger partial charge in [0.05, 0.1) is 16.6 Å². The largest absolute Gasteiger partial charge is 0.454 e. The number of hydrogen-bond donors (Lipinski definition) is 1. The molecule has 1 aliphatic rings. The normalized spacial score (nSPS) is 12.0. The van der Waals surface area contributed by atoms with Gasteiger partial charge in [0.2, 0.25) is 6.79 Å². The molecule has 0 aliphatic carbocycles. The Kier molecular flexibility index (Phi) is 3.63. The number of nitro benzene ring substituents is 1. The number of benzene rings is 1. The number of thioether (sulfide) groups is 1. The van der Waals surface area contributed by atoms with Gasteiger partial charge in [0.1, 0.15) is 17.3 Å². The van der Waals surface area contributed by atoms with E-state index in [1.807, 2.05) is 0 Å². The maximum absolute atomic E-state index is 12.0. The third kappa shape index (κ3) is 2.47. The second-order valence-electron chi connectivity index (χ2n) is 4.39. The van der Waals surface area contributed by atoms with Gasteiger partial charge >= 0.3 is 0 Å². The number of nitriles is 1. The van der Waals surface area contributed by atoms with Crippen molar-refractivity contribution in [3.63, 3.8) is 0 Å². The van der Waals surface area contributed by atoms with Gasteiger partial charge in [-0.3, -0.25) is 14.9 Å². The van der Waals surface area contributed by atoms with Gasteiger partial charge in [-0.05, 0) is 6.26 Å². The highest BCUT2D eigenvalue weighted by Gasteiger charge is 2.27. The standard InChI is InChI=1S/C13H8N4O5S/c1-23-13-15-11(7(4-14)12(18)16-13)6-2-9-10(22-5-21-9)3-8(6)17(19)20/h2-3H,5H2,1H3,(H,15,16,18). The van der Waals surface area contributed by atoms with E-state index in [1.54, 1.807) is 12.3 Å². The van der Waals surface area contributed by atoms with E-state index in [0.29, 0.717) is 5.75 Å². The SMILES string of the molecule is CSc1nc(-c2cc3c(cc2[N+](=O)[O-])OCO3)c(C#N)c(=O)[nH]1. The van der Waals surface area contributed by atoms with Crippen molar-refractivity contribution in [2.75, 3.05) is 13.0 Å². The molecular formula is C13H8N4O5S. The number of hydrogen-bond acceptors (Lipinski definition) is 8. The fourth-order valence-corrected chi connectivity index (χ4v) is 2.50. The van der Waals surface area contributed by atoms with Crippen molar-refractivity contribution in [3.05, 3.63) is 38.2 Å². The van der Waals surface area contributed by atoms with E-state index in [-0.39, 0.29) is 40.2 Å². The van der Waals surface area contributed by atoms with Crippen LogP contribution in [0.15, 0.2) is 22.1 Å². The van der Waals surface area contributed by atoms with Gasteiger partial charge in [0, 0.05) is 6.07 Å². The number of aromatic amines is 1. The Morgan fingerprint density at radius 3 is 2.74 bits per heavy atom. The molecule has 3 rings (SSSR count). The van der Waals surface area contributed by atoms with Crippen LogP contribution in [-0.4, -0.2) is 27.9 Å². The van der Waals surface area contributed by atoms with Crippen molar-refractivity contribution < 1.29 is 14.4 Å². The maximum atomic E-state index is 12.0. The minimum atomic E-state index is -0.659. The summed E-state index contributed by atoms with van der Waals surface area (Å²) in [6.45, 7) is -0.0556. The molecular weight excluding hydrogens is 324 g/mol.